The van der Waals surface area contributed by atoms with Crippen LogP contribution in [0.4, 0.5) is 5.69 Å². The van der Waals surface area contributed by atoms with E-state index in [-0.39, 0.29) is 18.5 Å². The van der Waals surface area contributed by atoms with Crippen molar-refractivity contribution < 1.29 is 4.79 Å². The lowest BCUT2D eigenvalue weighted by molar-refractivity contribution is -0.115. The third-order valence-corrected chi connectivity index (χ3v) is 4.71. The Kier molecular flexibility index (Phi) is 5.94. The highest BCUT2D eigenvalue weighted by atomic mass is 35.5. The Hall–Kier alpha value is -2.63. The van der Waals surface area contributed by atoms with Gasteiger partial charge in [0.2, 0.25) is 5.91 Å². The largest absolute Gasteiger partial charge is 0.322 e. The Morgan fingerprint density at radius 2 is 1.89 bits per heavy atom. The number of nitrogens with one attached hydrogen (secondary N) is 2. The summed E-state index contributed by atoms with van der Waals surface area (Å²) >= 11 is 6.03. The summed E-state index contributed by atoms with van der Waals surface area (Å²) in [5, 5.41) is 11.4. The third-order valence-electron chi connectivity index (χ3n) is 4.47. The molecule has 140 valence electrons. The van der Waals surface area contributed by atoms with Crippen molar-refractivity contribution in [1.82, 2.24) is 15.1 Å². The maximum Gasteiger partial charge on any atom is 0.238 e. The molecule has 3 rings (SSSR count). The number of halogens is 1. The smallest absolute Gasteiger partial charge is 0.238 e. The number of benzene rings is 2. The van der Waals surface area contributed by atoms with E-state index in [2.05, 4.69) is 15.7 Å². The van der Waals surface area contributed by atoms with E-state index in [0.717, 1.165) is 28.3 Å². The van der Waals surface area contributed by atoms with Gasteiger partial charge in [-0.3, -0.25) is 4.79 Å². The summed E-state index contributed by atoms with van der Waals surface area (Å²) in [5.41, 5.74) is 4.44. The van der Waals surface area contributed by atoms with E-state index in [9.17, 15) is 4.79 Å². The standard InChI is InChI=1S/C21H23ClN4O/c1-14(17-8-7-9-18(22)12-17)23-13-20(27)24-21-15(2)25-26(16(21)3)19-10-5-4-6-11-19/h4-12,14,23H,13H2,1-3H3,(H,24,27)/t14-/m1/s1. The second-order valence-electron chi connectivity index (χ2n) is 6.50. The van der Waals surface area contributed by atoms with Gasteiger partial charge in [0.05, 0.1) is 29.3 Å². The zero-order chi connectivity index (χ0) is 19.4. The molecule has 27 heavy (non-hydrogen) atoms. The van der Waals surface area contributed by atoms with Crippen molar-refractivity contribution in [3.63, 3.8) is 0 Å². The number of aryl methyl sites for hydroxylation is 1. The Morgan fingerprint density at radius 3 is 2.59 bits per heavy atom. The van der Waals surface area contributed by atoms with Crippen molar-refractivity contribution in [2.24, 2.45) is 0 Å². The first-order valence-corrected chi connectivity index (χ1v) is 9.24. The van der Waals surface area contributed by atoms with Crippen molar-refractivity contribution in [1.29, 1.82) is 0 Å². The van der Waals surface area contributed by atoms with E-state index in [4.69, 9.17) is 11.6 Å². The van der Waals surface area contributed by atoms with Crippen LogP contribution in [0.5, 0.6) is 0 Å². The van der Waals surface area contributed by atoms with Gasteiger partial charge in [0.15, 0.2) is 0 Å². The minimum absolute atomic E-state index is 0.0173. The van der Waals surface area contributed by atoms with Crippen LogP contribution in [0.2, 0.25) is 5.02 Å². The van der Waals surface area contributed by atoms with E-state index >= 15 is 0 Å². The van der Waals surface area contributed by atoms with Gasteiger partial charge in [0.25, 0.3) is 0 Å². The maximum atomic E-state index is 12.4. The molecule has 0 unspecified atom stereocenters. The summed E-state index contributed by atoms with van der Waals surface area (Å²) in [4.78, 5) is 12.4. The van der Waals surface area contributed by atoms with Crippen LogP contribution < -0.4 is 10.6 Å². The summed E-state index contributed by atoms with van der Waals surface area (Å²) in [6.07, 6.45) is 0. The molecule has 3 aromatic rings. The van der Waals surface area contributed by atoms with Gasteiger partial charge in [-0.05, 0) is 50.6 Å². The fourth-order valence-corrected chi connectivity index (χ4v) is 3.17. The SMILES string of the molecule is Cc1nn(-c2ccccc2)c(C)c1NC(=O)CN[C@H](C)c1cccc(Cl)c1. The minimum atomic E-state index is -0.109. The molecule has 0 spiro atoms. The molecule has 2 aromatic carbocycles. The zero-order valence-corrected chi connectivity index (χ0v) is 16.4. The third kappa shape index (κ3) is 4.56. The van der Waals surface area contributed by atoms with Crippen LogP contribution in [-0.4, -0.2) is 22.2 Å². The Balaban J connectivity index is 1.65. The molecule has 0 bridgehead atoms. The first-order chi connectivity index (χ1) is 13.0. The highest BCUT2D eigenvalue weighted by molar-refractivity contribution is 6.30. The fourth-order valence-electron chi connectivity index (χ4n) is 2.97. The Morgan fingerprint density at radius 1 is 1.15 bits per heavy atom. The van der Waals surface area contributed by atoms with Crippen LogP contribution in [0.15, 0.2) is 54.6 Å². The lowest BCUT2D eigenvalue weighted by atomic mass is 10.1. The number of para-hydroxylation sites is 1. The lowest BCUT2D eigenvalue weighted by Crippen LogP contribution is -2.30. The van der Waals surface area contributed by atoms with Crippen LogP contribution in [0.25, 0.3) is 5.69 Å². The summed E-state index contributed by atoms with van der Waals surface area (Å²) in [5.74, 6) is -0.109. The molecule has 0 saturated heterocycles. The molecule has 6 heteroatoms. The topological polar surface area (TPSA) is 59.0 Å². The zero-order valence-electron chi connectivity index (χ0n) is 15.7. The van der Waals surface area contributed by atoms with Crippen LogP contribution in [0, 0.1) is 13.8 Å². The van der Waals surface area contributed by atoms with E-state index in [1.165, 1.54) is 0 Å². The van der Waals surface area contributed by atoms with Gasteiger partial charge in [-0.25, -0.2) is 4.68 Å². The number of hydrogen-bond acceptors (Lipinski definition) is 3. The highest BCUT2D eigenvalue weighted by Crippen LogP contribution is 2.23. The number of anilines is 1. The lowest BCUT2D eigenvalue weighted by Gasteiger charge is -2.14. The van der Waals surface area contributed by atoms with Gasteiger partial charge in [0, 0.05) is 11.1 Å². The monoisotopic (exact) mass is 382 g/mol. The molecular weight excluding hydrogens is 360 g/mol. The number of carbonyl (C=O) groups excluding carboxylic acids is 1. The molecular formula is C21H23ClN4O. The Labute approximate surface area is 164 Å². The summed E-state index contributed by atoms with van der Waals surface area (Å²) in [6, 6.07) is 17.5. The van der Waals surface area contributed by atoms with Crippen LogP contribution in [0.1, 0.15) is 29.9 Å². The molecule has 0 aliphatic rings. The van der Waals surface area contributed by atoms with Crippen molar-refractivity contribution in [2.45, 2.75) is 26.8 Å². The first kappa shape index (κ1) is 19.1. The normalized spacial score (nSPS) is 12.0. The van der Waals surface area contributed by atoms with Gasteiger partial charge in [-0.2, -0.15) is 5.10 Å². The molecule has 0 radical (unpaired) electrons. The van der Waals surface area contributed by atoms with Crippen molar-refractivity contribution in [2.75, 3.05) is 11.9 Å². The van der Waals surface area contributed by atoms with Gasteiger partial charge >= 0.3 is 0 Å². The fraction of sp³-hybridized carbons (Fsp3) is 0.238. The molecule has 2 N–H and O–H groups in total. The highest BCUT2D eigenvalue weighted by Gasteiger charge is 2.16. The second kappa shape index (κ2) is 8.37. The minimum Gasteiger partial charge on any atom is -0.322 e. The second-order valence-corrected chi connectivity index (χ2v) is 6.94. The van der Waals surface area contributed by atoms with E-state index < -0.39 is 0 Å². The number of nitrogens with zero attached hydrogens (tertiary/aromatic N) is 2. The summed E-state index contributed by atoms with van der Waals surface area (Å²) in [7, 11) is 0. The molecule has 0 aliphatic carbocycles. The molecule has 0 saturated carbocycles. The van der Waals surface area contributed by atoms with Gasteiger partial charge in [0.1, 0.15) is 0 Å². The maximum absolute atomic E-state index is 12.4. The van der Waals surface area contributed by atoms with Gasteiger partial charge < -0.3 is 10.6 Å². The van der Waals surface area contributed by atoms with E-state index in [1.54, 1.807) is 0 Å². The summed E-state index contributed by atoms with van der Waals surface area (Å²) < 4.78 is 1.84. The molecule has 0 fully saturated rings. The van der Waals surface area contributed by atoms with Crippen LogP contribution in [0.3, 0.4) is 0 Å². The number of carbonyl (C=O) groups is 1. The van der Waals surface area contributed by atoms with Crippen molar-refractivity contribution >= 4 is 23.2 Å². The summed E-state index contributed by atoms with van der Waals surface area (Å²) in [6.45, 7) is 6.04. The van der Waals surface area contributed by atoms with Gasteiger partial charge in [-0.15, -0.1) is 0 Å². The van der Waals surface area contributed by atoms with Crippen LogP contribution >= 0.6 is 11.6 Å². The van der Waals surface area contributed by atoms with Crippen LogP contribution in [-0.2, 0) is 4.79 Å². The van der Waals surface area contributed by atoms with Crippen molar-refractivity contribution in [3.8, 4) is 5.69 Å². The predicted octanol–water partition coefficient (Wildman–Crippen LogP) is 4.43. The molecule has 1 heterocycles. The number of amides is 1. The average molecular weight is 383 g/mol. The molecule has 1 amide bonds. The molecule has 1 aromatic heterocycles. The van der Waals surface area contributed by atoms with E-state index in [1.807, 2.05) is 80.1 Å². The number of aromatic nitrogens is 2. The number of hydrogen-bond donors (Lipinski definition) is 2. The molecule has 5 nitrogen and oxygen atoms in total. The predicted molar refractivity (Wildman–Crippen MR) is 110 cm³/mol. The average Bonchev–Trinajstić information content (AvgIpc) is 2.95. The van der Waals surface area contributed by atoms with Crippen molar-refractivity contribution in [3.05, 3.63) is 76.6 Å². The molecule has 0 aliphatic heterocycles. The van der Waals surface area contributed by atoms with Gasteiger partial charge in [-0.1, -0.05) is 41.9 Å². The first-order valence-electron chi connectivity index (χ1n) is 8.86. The quantitative estimate of drug-likeness (QED) is 0.663. The van der Waals surface area contributed by atoms with E-state index in [0.29, 0.717) is 5.02 Å². The Bertz CT molecular complexity index is 937. The molecule has 1 atom stereocenters. The number of rotatable bonds is 6.